The Bertz CT molecular complexity index is 857. The molecule has 0 saturated heterocycles. The van der Waals surface area contributed by atoms with Crippen molar-refractivity contribution in [2.24, 2.45) is 0 Å². The minimum Gasteiger partial charge on any atom is -0.507 e. The number of hydrogen-bond donors (Lipinski definition) is 3. The van der Waals surface area contributed by atoms with Crippen LogP contribution < -0.4 is 5.32 Å². The van der Waals surface area contributed by atoms with Gasteiger partial charge in [-0.3, -0.25) is 9.89 Å². The van der Waals surface area contributed by atoms with E-state index in [0.717, 1.165) is 10.0 Å². The van der Waals surface area contributed by atoms with Gasteiger partial charge in [-0.1, -0.05) is 28.1 Å². The first kappa shape index (κ1) is 15.3. The van der Waals surface area contributed by atoms with E-state index >= 15 is 0 Å². The van der Waals surface area contributed by atoms with Gasteiger partial charge in [-0.15, -0.1) is 0 Å². The number of aromatic hydroxyl groups is 1. The summed E-state index contributed by atoms with van der Waals surface area (Å²) in [6.45, 7) is 1.81. The maximum Gasteiger partial charge on any atom is 0.273 e. The summed E-state index contributed by atoms with van der Waals surface area (Å²) in [6, 6.07) is 14.3. The van der Waals surface area contributed by atoms with Gasteiger partial charge in [0.05, 0.1) is 5.69 Å². The summed E-state index contributed by atoms with van der Waals surface area (Å²) in [5.41, 5.74) is 2.87. The molecule has 1 amide bonds. The minimum absolute atomic E-state index is 0.166. The largest absolute Gasteiger partial charge is 0.507 e. The number of nitrogens with zero attached hydrogens (tertiary/aromatic N) is 1. The molecule has 1 heterocycles. The van der Waals surface area contributed by atoms with Crippen LogP contribution in [0.15, 0.2) is 53.0 Å². The third-order valence-corrected chi connectivity index (χ3v) is 3.97. The average molecular weight is 372 g/mol. The number of halogens is 1. The van der Waals surface area contributed by atoms with Gasteiger partial charge in [0.2, 0.25) is 0 Å². The van der Waals surface area contributed by atoms with E-state index in [0.29, 0.717) is 22.6 Å². The van der Waals surface area contributed by atoms with Crippen molar-refractivity contribution in [2.75, 3.05) is 5.32 Å². The van der Waals surface area contributed by atoms with E-state index < -0.39 is 0 Å². The zero-order chi connectivity index (χ0) is 16.4. The van der Waals surface area contributed by atoms with Crippen LogP contribution in [0.1, 0.15) is 16.1 Å². The molecule has 0 aliphatic heterocycles. The molecule has 0 bridgehead atoms. The van der Waals surface area contributed by atoms with E-state index in [9.17, 15) is 9.90 Å². The molecule has 0 saturated carbocycles. The maximum atomic E-state index is 12.2. The van der Waals surface area contributed by atoms with E-state index in [1.165, 1.54) is 0 Å². The van der Waals surface area contributed by atoms with Crippen LogP contribution in [0.3, 0.4) is 0 Å². The summed E-state index contributed by atoms with van der Waals surface area (Å²) in [4.78, 5) is 12.2. The van der Waals surface area contributed by atoms with Crippen LogP contribution in [-0.2, 0) is 0 Å². The molecule has 2 aromatic carbocycles. The van der Waals surface area contributed by atoms with Gasteiger partial charge in [-0.25, -0.2) is 0 Å². The van der Waals surface area contributed by atoms with Crippen LogP contribution >= 0.6 is 15.9 Å². The quantitative estimate of drug-likeness (QED) is 0.648. The first-order valence-electron chi connectivity index (χ1n) is 6.96. The zero-order valence-electron chi connectivity index (χ0n) is 12.3. The lowest BCUT2D eigenvalue weighted by Crippen LogP contribution is -2.12. The molecular weight excluding hydrogens is 358 g/mol. The lowest BCUT2D eigenvalue weighted by atomic mass is 10.1. The number of para-hydroxylation sites is 1. The molecular formula is C17H14BrN3O2. The number of phenols is 1. The van der Waals surface area contributed by atoms with Crippen LogP contribution in [0.4, 0.5) is 5.69 Å². The summed E-state index contributed by atoms with van der Waals surface area (Å²) in [6.07, 6.45) is 0. The second kappa shape index (κ2) is 6.26. The number of aryl methyl sites for hydroxylation is 1. The van der Waals surface area contributed by atoms with Gasteiger partial charge in [0.1, 0.15) is 11.4 Å². The third-order valence-electron chi connectivity index (χ3n) is 3.44. The number of benzene rings is 2. The molecule has 0 fully saturated rings. The van der Waals surface area contributed by atoms with Crippen molar-refractivity contribution in [3.05, 3.63) is 64.3 Å². The second-order valence-electron chi connectivity index (χ2n) is 5.10. The fraction of sp³-hybridized carbons (Fsp3) is 0.0588. The number of H-pyrrole nitrogens is 1. The molecule has 3 rings (SSSR count). The van der Waals surface area contributed by atoms with E-state index in [1.54, 1.807) is 24.3 Å². The van der Waals surface area contributed by atoms with Crippen LogP contribution in [0.2, 0.25) is 0 Å². The summed E-state index contributed by atoms with van der Waals surface area (Å²) in [7, 11) is 0. The highest BCUT2D eigenvalue weighted by Gasteiger charge is 2.14. The number of rotatable bonds is 3. The predicted molar refractivity (Wildman–Crippen MR) is 92.5 cm³/mol. The molecule has 116 valence electrons. The van der Waals surface area contributed by atoms with Crippen LogP contribution in [0.5, 0.6) is 5.75 Å². The number of phenolic OH excluding ortho intramolecular Hbond substituents is 1. The number of nitrogens with one attached hydrogen (secondary N) is 2. The van der Waals surface area contributed by atoms with Gasteiger partial charge in [0, 0.05) is 15.7 Å². The van der Waals surface area contributed by atoms with Gasteiger partial charge >= 0.3 is 0 Å². The minimum atomic E-state index is -0.293. The molecule has 0 unspecified atom stereocenters. The highest BCUT2D eigenvalue weighted by molar-refractivity contribution is 9.10. The summed E-state index contributed by atoms with van der Waals surface area (Å²) in [5.74, 6) is -0.128. The van der Waals surface area contributed by atoms with Crippen molar-refractivity contribution in [3.63, 3.8) is 0 Å². The van der Waals surface area contributed by atoms with Gasteiger partial charge in [-0.2, -0.15) is 5.10 Å². The molecule has 3 N–H and O–H groups in total. The Morgan fingerprint density at radius 2 is 1.96 bits per heavy atom. The molecule has 5 nitrogen and oxygen atoms in total. The van der Waals surface area contributed by atoms with E-state index in [1.807, 2.05) is 31.2 Å². The molecule has 6 heteroatoms. The fourth-order valence-corrected chi connectivity index (χ4v) is 2.44. The number of aromatic amines is 1. The lowest BCUT2D eigenvalue weighted by Gasteiger charge is -2.04. The molecule has 3 aromatic rings. The third kappa shape index (κ3) is 3.27. The molecule has 23 heavy (non-hydrogen) atoms. The van der Waals surface area contributed by atoms with Crippen molar-refractivity contribution in [3.8, 4) is 17.0 Å². The number of amides is 1. The summed E-state index contributed by atoms with van der Waals surface area (Å²) < 4.78 is 0.939. The highest BCUT2D eigenvalue weighted by atomic mass is 79.9. The molecule has 0 atom stereocenters. The first-order valence-corrected chi connectivity index (χ1v) is 7.75. The van der Waals surface area contributed by atoms with Crippen LogP contribution in [0.25, 0.3) is 11.3 Å². The Labute approximate surface area is 141 Å². The van der Waals surface area contributed by atoms with Crippen LogP contribution in [0, 0.1) is 6.92 Å². The van der Waals surface area contributed by atoms with Crippen molar-refractivity contribution in [1.82, 2.24) is 10.2 Å². The molecule has 0 aliphatic carbocycles. The van der Waals surface area contributed by atoms with Crippen molar-refractivity contribution in [2.45, 2.75) is 6.92 Å². The Morgan fingerprint density at radius 3 is 2.70 bits per heavy atom. The topological polar surface area (TPSA) is 78.0 Å². The van der Waals surface area contributed by atoms with E-state index in [-0.39, 0.29) is 11.7 Å². The normalized spacial score (nSPS) is 10.5. The monoisotopic (exact) mass is 371 g/mol. The van der Waals surface area contributed by atoms with E-state index in [4.69, 9.17) is 0 Å². The smallest absolute Gasteiger partial charge is 0.273 e. The van der Waals surface area contributed by atoms with Crippen molar-refractivity contribution in [1.29, 1.82) is 0 Å². The molecule has 0 aliphatic rings. The number of aromatic nitrogens is 2. The Morgan fingerprint density at radius 1 is 1.22 bits per heavy atom. The molecule has 0 radical (unpaired) electrons. The Balaban J connectivity index is 1.82. The number of anilines is 1. The lowest BCUT2D eigenvalue weighted by molar-refractivity contribution is 0.102. The molecule has 0 spiro atoms. The van der Waals surface area contributed by atoms with Crippen LogP contribution in [-0.4, -0.2) is 21.2 Å². The number of hydrogen-bond acceptors (Lipinski definition) is 3. The predicted octanol–water partition coefficient (Wildman–Crippen LogP) is 4.11. The summed E-state index contributed by atoms with van der Waals surface area (Å²) in [5, 5.41) is 19.7. The highest BCUT2D eigenvalue weighted by Crippen LogP contribution is 2.30. The van der Waals surface area contributed by atoms with Gasteiger partial charge in [-0.05, 0) is 48.9 Å². The summed E-state index contributed by atoms with van der Waals surface area (Å²) >= 11 is 3.35. The maximum absolute atomic E-state index is 12.2. The molecule has 1 aromatic heterocycles. The van der Waals surface area contributed by atoms with Gasteiger partial charge in [0.15, 0.2) is 0 Å². The Kier molecular flexibility index (Phi) is 4.16. The zero-order valence-corrected chi connectivity index (χ0v) is 13.9. The second-order valence-corrected chi connectivity index (χ2v) is 6.01. The first-order chi connectivity index (χ1) is 11.0. The SMILES string of the molecule is Cc1cccc(-c2cc(C(=O)Nc3ccc(Br)cc3)[nH]n2)c1O. The fourth-order valence-electron chi connectivity index (χ4n) is 2.17. The van der Waals surface area contributed by atoms with Crippen molar-refractivity contribution >= 4 is 27.5 Å². The van der Waals surface area contributed by atoms with E-state index in [2.05, 4.69) is 31.4 Å². The van der Waals surface area contributed by atoms with Gasteiger partial charge in [0.25, 0.3) is 5.91 Å². The number of carbonyl (C=O) groups excluding carboxylic acids is 1. The Hall–Kier alpha value is -2.60. The van der Waals surface area contributed by atoms with Crippen molar-refractivity contribution < 1.29 is 9.90 Å². The van der Waals surface area contributed by atoms with Gasteiger partial charge < -0.3 is 10.4 Å². The number of carbonyl (C=O) groups is 1. The standard InChI is InChI=1S/C17H14BrN3O2/c1-10-3-2-4-13(16(10)22)14-9-15(21-20-14)17(23)19-12-7-5-11(18)6-8-12/h2-9,22H,1H3,(H,19,23)(H,20,21). The average Bonchev–Trinajstić information content (AvgIpc) is 3.02.